The van der Waals surface area contributed by atoms with Crippen LogP contribution < -0.4 is 10.1 Å². The van der Waals surface area contributed by atoms with Crippen LogP contribution in [-0.4, -0.2) is 51.4 Å². The van der Waals surface area contributed by atoms with E-state index in [1.54, 1.807) is 7.11 Å². The molecule has 0 atom stereocenters. The van der Waals surface area contributed by atoms with Crippen LogP contribution in [0, 0.1) is 0 Å². The Morgan fingerprint density at radius 2 is 1.95 bits per heavy atom. The van der Waals surface area contributed by atoms with Gasteiger partial charge in [-0.15, -0.1) is 0 Å². The number of likely N-dealkylation sites (N-methyl/N-ethyl adjacent to an activating group) is 1. The van der Waals surface area contributed by atoms with Gasteiger partial charge in [-0.3, -0.25) is 4.90 Å². The Kier molecular flexibility index (Phi) is 9.04. The second-order valence-corrected chi connectivity index (χ2v) is 4.70. The van der Waals surface area contributed by atoms with E-state index in [4.69, 9.17) is 9.47 Å². The number of nitrogens with zero attached hydrogens (tertiary/aromatic N) is 1. The molecule has 0 fully saturated rings. The second-order valence-electron chi connectivity index (χ2n) is 4.70. The maximum Gasteiger partial charge on any atom is 0.119 e. The number of ether oxygens (including phenoxy) is 2. The largest absolute Gasteiger partial charge is 0.492 e. The van der Waals surface area contributed by atoms with Crippen molar-refractivity contribution in [3.05, 3.63) is 29.8 Å². The van der Waals surface area contributed by atoms with E-state index in [2.05, 4.69) is 36.2 Å². The molecule has 0 radical (unpaired) electrons. The van der Waals surface area contributed by atoms with Crippen LogP contribution in [-0.2, 0) is 11.3 Å². The Morgan fingerprint density at radius 3 is 2.65 bits per heavy atom. The van der Waals surface area contributed by atoms with Crippen molar-refractivity contribution in [2.75, 3.05) is 46.5 Å². The van der Waals surface area contributed by atoms with E-state index in [-0.39, 0.29) is 0 Å². The summed E-state index contributed by atoms with van der Waals surface area (Å²) in [6.45, 7) is 10.5. The standard InChI is InChI=1S/C16H28N2O2/c1-4-17-14-15-7-6-8-16(13-15)20-12-10-18(5-2)9-11-19-3/h6-8,13,17H,4-5,9-12,14H2,1-3H3. The van der Waals surface area contributed by atoms with Crippen molar-refractivity contribution in [1.29, 1.82) is 0 Å². The zero-order chi connectivity index (χ0) is 14.6. The topological polar surface area (TPSA) is 33.7 Å². The minimum Gasteiger partial charge on any atom is -0.492 e. The fraction of sp³-hybridized carbons (Fsp3) is 0.625. The highest BCUT2D eigenvalue weighted by molar-refractivity contribution is 5.28. The lowest BCUT2D eigenvalue weighted by Gasteiger charge is -2.20. The molecular formula is C16H28N2O2. The molecule has 0 unspecified atom stereocenters. The fourth-order valence-corrected chi connectivity index (χ4v) is 1.96. The molecule has 114 valence electrons. The minimum atomic E-state index is 0.711. The van der Waals surface area contributed by atoms with E-state index in [9.17, 15) is 0 Å². The van der Waals surface area contributed by atoms with E-state index in [0.29, 0.717) is 6.61 Å². The molecule has 0 bridgehead atoms. The summed E-state index contributed by atoms with van der Waals surface area (Å²) in [5.41, 5.74) is 1.26. The lowest BCUT2D eigenvalue weighted by molar-refractivity contribution is 0.138. The van der Waals surface area contributed by atoms with Crippen LogP contribution in [0.3, 0.4) is 0 Å². The van der Waals surface area contributed by atoms with Crippen LogP contribution >= 0.6 is 0 Å². The zero-order valence-electron chi connectivity index (χ0n) is 13.0. The summed E-state index contributed by atoms with van der Waals surface area (Å²) in [4.78, 5) is 2.33. The molecule has 1 aromatic carbocycles. The first-order chi connectivity index (χ1) is 9.80. The van der Waals surface area contributed by atoms with Crippen molar-refractivity contribution < 1.29 is 9.47 Å². The average molecular weight is 280 g/mol. The van der Waals surface area contributed by atoms with Gasteiger partial charge in [0.2, 0.25) is 0 Å². The lowest BCUT2D eigenvalue weighted by atomic mass is 10.2. The molecule has 0 aliphatic carbocycles. The molecule has 0 amide bonds. The molecule has 0 aliphatic rings. The van der Waals surface area contributed by atoms with Crippen LogP contribution in [0.1, 0.15) is 19.4 Å². The summed E-state index contributed by atoms with van der Waals surface area (Å²) < 4.78 is 10.9. The van der Waals surface area contributed by atoms with Gasteiger partial charge in [-0.05, 0) is 30.8 Å². The molecule has 0 saturated carbocycles. The predicted molar refractivity (Wildman–Crippen MR) is 83.3 cm³/mol. The Hall–Kier alpha value is -1.10. The van der Waals surface area contributed by atoms with Gasteiger partial charge >= 0.3 is 0 Å². The highest BCUT2D eigenvalue weighted by Gasteiger charge is 2.02. The average Bonchev–Trinajstić information content (AvgIpc) is 2.49. The second kappa shape index (κ2) is 10.7. The first kappa shape index (κ1) is 17.0. The Morgan fingerprint density at radius 1 is 1.15 bits per heavy atom. The maximum atomic E-state index is 5.83. The Bertz CT molecular complexity index is 358. The summed E-state index contributed by atoms with van der Waals surface area (Å²) in [6.07, 6.45) is 0. The SMILES string of the molecule is CCNCc1cccc(OCCN(CC)CCOC)c1. The molecule has 0 aliphatic heterocycles. The van der Waals surface area contributed by atoms with Gasteiger partial charge < -0.3 is 14.8 Å². The molecule has 1 aromatic rings. The van der Waals surface area contributed by atoms with E-state index in [0.717, 1.165) is 45.1 Å². The summed E-state index contributed by atoms with van der Waals surface area (Å²) in [7, 11) is 1.74. The summed E-state index contributed by atoms with van der Waals surface area (Å²) in [6, 6.07) is 8.28. The van der Waals surface area contributed by atoms with Gasteiger partial charge in [0.1, 0.15) is 12.4 Å². The number of benzene rings is 1. The summed E-state index contributed by atoms with van der Waals surface area (Å²) in [5.74, 6) is 0.947. The van der Waals surface area contributed by atoms with E-state index < -0.39 is 0 Å². The molecule has 0 saturated heterocycles. The van der Waals surface area contributed by atoms with Crippen LogP contribution in [0.5, 0.6) is 5.75 Å². The molecule has 0 heterocycles. The molecule has 4 heteroatoms. The Labute approximate surface area is 123 Å². The zero-order valence-corrected chi connectivity index (χ0v) is 13.0. The van der Waals surface area contributed by atoms with Gasteiger partial charge in [-0.1, -0.05) is 26.0 Å². The van der Waals surface area contributed by atoms with Crippen molar-refractivity contribution >= 4 is 0 Å². The third-order valence-electron chi connectivity index (χ3n) is 3.21. The first-order valence-electron chi connectivity index (χ1n) is 7.43. The van der Waals surface area contributed by atoms with Crippen molar-refractivity contribution in [3.8, 4) is 5.75 Å². The van der Waals surface area contributed by atoms with Crippen LogP contribution in [0.2, 0.25) is 0 Å². The van der Waals surface area contributed by atoms with Crippen LogP contribution in [0.15, 0.2) is 24.3 Å². The molecule has 1 rings (SSSR count). The molecule has 1 N–H and O–H groups in total. The number of nitrogens with one attached hydrogen (secondary N) is 1. The quantitative estimate of drug-likeness (QED) is 0.673. The third-order valence-corrected chi connectivity index (χ3v) is 3.21. The number of hydrogen-bond donors (Lipinski definition) is 1. The van der Waals surface area contributed by atoms with Crippen LogP contribution in [0.4, 0.5) is 0 Å². The monoisotopic (exact) mass is 280 g/mol. The fourth-order valence-electron chi connectivity index (χ4n) is 1.96. The highest BCUT2D eigenvalue weighted by atomic mass is 16.5. The van der Waals surface area contributed by atoms with Crippen LogP contribution in [0.25, 0.3) is 0 Å². The van der Waals surface area contributed by atoms with Crippen molar-refractivity contribution in [3.63, 3.8) is 0 Å². The van der Waals surface area contributed by atoms with Gasteiger partial charge in [0, 0.05) is 26.7 Å². The highest BCUT2D eigenvalue weighted by Crippen LogP contribution is 2.13. The molecule has 4 nitrogen and oxygen atoms in total. The maximum absolute atomic E-state index is 5.83. The third kappa shape index (κ3) is 6.89. The van der Waals surface area contributed by atoms with Crippen molar-refractivity contribution in [2.24, 2.45) is 0 Å². The minimum absolute atomic E-state index is 0.711. The number of rotatable bonds is 11. The molecular weight excluding hydrogens is 252 g/mol. The smallest absolute Gasteiger partial charge is 0.119 e. The van der Waals surface area contributed by atoms with Gasteiger partial charge in [0.15, 0.2) is 0 Å². The first-order valence-corrected chi connectivity index (χ1v) is 7.43. The molecule has 0 spiro atoms. The summed E-state index contributed by atoms with van der Waals surface area (Å²) in [5, 5.41) is 3.32. The number of hydrogen-bond acceptors (Lipinski definition) is 4. The molecule has 20 heavy (non-hydrogen) atoms. The van der Waals surface area contributed by atoms with Gasteiger partial charge in [-0.2, -0.15) is 0 Å². The van der Waals surface area contributed by atoms with Crippen molar-refractivity contribution in [2.45, 2.75) is 20.4 Å². The van der Waals surface area contributed by atoms with Gasteiger partial charge in [-0.25, -0.2) is 0 Å². The number of methoxy groups -OCH3 is 1. The summed E-state index contributed by atoms with van der Waals surface area (Å²) >= 11 is 0. The lowest BCUT2D eigenvalue weighted by Crippen LogP contribution is -2.31. The van der Waals surface area contributed by atoms with E-state index in [1.165, 1.54) is 5.56 Å². The van der Waals surface area contributed by atoms with Gasteiger partial charge in [0.05, 0.1) is 6.61 Å². The van der Waals surface area contributed by atoms with E-state index in [1.807, 2.05) is 12.1 Å². The normalized spacial score (nSPS) is 11.0. The van der Waals surface area contributed by atoms with Crippen molar-refractivity contribution in [1.82, 2.24) is 10.2 Å². The Balaban J connectivity index is 2.33. The predicted octanol–water partition coefficient (Wildman–Crippen LogP) is 2.14. The van der Waals surface area contributed by atoms with E-state index >= 15 is 0 Å². The van der Waals surface area contributed by atoms with Gasteiger partial charge in [0.25, 0.3) is 0 Å². The molecule has 0 aromatic heterocycles.